The highest BCUT2D eigenvalue weighted by Crippen LogP contribution is 2.38. The summed E-state index contributed by atoms with van der Waals surface area (Å²) in [6, 6.07) is 18.4. The number of nitrogens with one attached hydrogen (secondary N) is 1. The fourth-order valence-electron chi connectivity index (χ4n) is 3.17. The number of fused-ring (bicyclic) bond motifs is 1. The fraction of sp³-hybridized carbons (Fsp3) is 0.368. The maximum absolute atomic E-state index is 3.59. The van der Waals surface area contributed by atoms with Gasteiger partial charge in [-0.2, -0.15) is 0 Å². The zero-order valence-corrected chi connectivity index (χ0v) is 12.6. The fourth-order valence-corrected chi connectivity index (χ4v) is 3.17. The Balaban J connectivity index is 1.97. The van der Waals surface area contributed by atoms with E-state index in [0.717, 1.165) is 6.42 Å². The van der Waals surface area contributed by atoms with E-state index in [1.165, 1.54) is 22.4 Å². The van der Waals surface area contributed by atoms with E-state index in [0.29, 0.717) is 17.9 Å². The first-order valence-electron chi connectivity index (χ1n) is 7.60. The minimum Gasteiger partial charge on any atom is -0.382 e. The molecule has 0 fully saturated rings. The Morgan fingerprint density at radius 3 is 2.40 bits per heavy atom. The van der Waals surface area contributed by atoms with E-state index in [4.69, 9.17) is 0 Å². The lowest BCUT2D eigenvalue weighted by Gasteiger charge is -2.31. The molecule has 20 heavy (non-hydrogen) atoms. The average Bonchev–Trinajstić information content (AvgIpc) is 2.46. The summed E-state index contributed by atoms with van der Waals surface area (Å²) in [5.74, 6) is 1.12. The van der Waals surface area contributed by atoms with E-state index < -0.39 is 0 Å². The maximum atomic E-state index is 3.59. The van der Waals surface area contributed by atoms with E-state index in [1.54, 1.807) is 0 Å². The third kappa shape index (κ3) is 2.45. The van der Waals surface area contributed by atoms with Gasteiger partial charge in [-0.1, -0.05) is 56.3 Å². The summed E-state index contributed by atoms with van der Waals surface area (Å²) in [6.45, 7) is 6.76. The molecule has 0 aromatic heterocycles. The number of hydrogen-bond donors (Lipinski definition) is 1. The summed E-state index contributed by atoms with van der Waals surface area (Å²) >= 11 is 0. The van der Waals surface area contributed by atoms with Crippen molar-refractivity contribution >= 4 is 5.69 Å². The van der Waals surface area contributed by atoms with Crippen molar-refractivity contribution in [2.75, 3.05) is 5.32 Å². The molecule has 1 aliphatic rings. The second-order valence-corrected chi connectivity index (χ2v) is 6.24. The van der Waals surface area contributed by atoms with E-state index >= 15 is 0 Å². The van der Waals surface area contributed by atoms with Gasteiger partial charge >= 0.3 is 0 Å². The molecule has 2 aromatic rings. The molecule has 2 aromatic carbocycles. The zero-order chi connectivity index (χ0) is 14.1. The lowest BCUT2D eigenvalue weighted by molar-refractivity contribution is 0.614. The molecule has 1 N–H and O–H groups in total. The molecule has 0 saturated heterocycles. The highest BCUT2D eigenvalue weighted by atomic mass is 14.9. The zero-order valence-electron chi connectivity index (χ0n) is 12.6. The van der Waals surface area contributed by atoms with Crippen LogP contribution >= 0.6 is 0 Å². The third-order valence-corrected chi connectivity index (χ3v) is 4.33. The van der Waals surface area contributed by atoms with E-state index in [9.17, 15) is 0 Å². The Hall–Kier alpha value is -1.76. The normalized spacial score (nSPS) is 21.4. The summed E-state index contributed by atoms with van der Waals surface area (Å²) in [5, 5.41) is 3.59. The Labute approximate surface area is 122 Å². The predicted molar refractivity (Wildman–Crippen MR) is 86.5 cm³/mol. The monoisotopic (exact) mass is 265 g/mol. The van der Waals surface area contributed by atoms with Crippen molar-refractivity contribution in [3.05, 3.63) is 65.2 Å². The molecule has 0 bridgehead atoms. The Kier molecular flexibility index (Phi) is 3.52. The van der Waals surface area contributed by atoms with Gasteiger partial charge in [0.15, 0.2) is 0 Å². The first kappa shape index (κ1) is 13.2. The van der Waals surface area contributed by atoms with Gasteiger partial charge in [-0.15, -0.1) is 0 Å². The summed E-state index contributed by atoms with van der Waals surface area (Å²) in [4.78, 5) is 0. The van der Waals surface area contributed by atoms with Crippen LogP contribution < -0.4 is 5.32 Å². The molecule has 2 unspecified atom stereocenters. The second kappa shape index (κ2) is 5.32. The smallest absolute Gasteiger partial charge is 0.0381 e. The van der Waals surface area contributed by atoms with Crippen LogP contribution in [0.1, 0.15) is 55.7 Å². The maximum Gasteiger partial charge on any atom is 0.0381 e. The summed E-state index contributed by atoms with van der Waals surface area (Å²) in [6.07, 6.45) is 1.16. The number of benzene rings is 2. The minimum absolute atomic E-state index is 0.517. The average molecular weight is 265 g/mol. The molecule has 0 aliphatic carbocycles. The highest BCUT2D eigenvalue weighted by Gasteiger charge is 2.24. The van der Waals surface area contributed by atoms with Crippen LogP contribution in [-0.2, 0) is 0 Å². The van der Waals surface area contributed by atoms with Gasteiger partial charge in [0.2, 0.25) is 0 Å². The van der Waals surface area contributed by atoms with Crippen LogP contribution in [0.3, 0.4) is 0 Å². The summed E-state index contributed by atoms with van der Waals surface area (Å²) < 4.78 is 0. The first-order valence-corrected chi connectivity index (χ1v) is 7.60. The molecule has 1 heterocycles. The van der Waals surface area contributed by atoms with E-state index in [2.05, 4.69) is 74.6 Å². The molecular formula is C19H23N. The van der Waals surface area contributed by atoms with Crippen LogP contribution in [0.15, 0.2) is 48.5 Å². The van der Waals surface area contributed by atoms with Crippen molar-refractivity contribution in [3.8, 4) is 0 Å². The number of hydrogen-bond acceptors (Lipinski definition) is 1. The summed E-state index contributed by atoms with van der Waals surface area (Å²) in [5.41, 5.74) is 5.59. The lowest BCUT2D eigenvalue weighted by atomic mass is 9.82. The number of anilines is 1. The third-order valence-electron chi connectivity index (χ3n) is 4.33. The highest BCUT2D eigenvalue weighted by molar-refractivity contribution is 5.58. The molecule has 0 spiro atoms. The van der Waals surface area contributed by atoms with E-state index in [-0.39, 0.29) is 0 Å². The quantitative estimate of drug-likeness (QED) is 0.792. The molecule has 0 saturated carbocycles. The van der Waals surface area contributed by atoms with Crippen molar-refractivity contribution in [2.24, 2.45) is 0 Å². The molecule has 0 amide bonds. The molecule has 3 rings (SSSR count). The minimum atomic E-state index is 0.517. The van der Waals surface area contributed by atoms with E-state index in [1.807, 2.05) is 0 Å². The summed E-state index contributed by atoms with van der Waals surface area (Å²) in [7, 11) is 0. The van der Waals surface area contributed by atoms with Crippen molar-refractivity contribution in [3.63, 3.8) is 0 Å². The van der Waals surface area contributed by atoms with Crippen LogP contribution in [0.2, 0.25) is 0 Å². The number of para-hydroxylation sites is 1. The molecule has 104 valence electrons. The Bertz CT molecular complexity index is 583. The van der Waals surface area contributed by atoms with Gasteiger partial charge in [0, 0.05) is 17.6 Å². The van der Waals surface area contributed by atoms with Gasteiger partial charge in [-0.25, -0.2) is 0 Å². The van der Waals surface area contributed by atoms with Crippen molar-refractivity contribution in [2.45, 2.75) is 45.1 Å². The molecular weight excluding hydrogens is 242 g/mol. The topological polar surface area (TPSA) is 12.0 Å². The van der Waals surface area contributed by atoms with Crippen molar-refractivity contribution in [1.29, 1.82) is 0 Å². The van der Waals surface area contributed by atoms with Crippen LogP contribution in [0, 0.1) is 0 Å². The van der Waals surface area contributed by atoms with Crippen LogP contribution in [0.25, 0.3) is 0 Å². The first-order chi connectivity index (χ1) is 9.65. The molecule has 1 heteroatoms. The van der Waals surface area contributed by atoms with Gasteiger partial charge < -0.3 is 5.32 Å². The van der Waals surface area contributed by atoms with Crippen LogP contribution in [-0.4, -0.2) is 6.04 Å². The van der Waals surface area contributed by atoms with Gasteiger partial charge in [-0.3, -0.25) is 0 Å². The van der Waals surface area contributed by atoms with Gasteiger partial charge in [0.1, 0.15) is 0 Å². The molecule has 1 aliphatic heterocycles. The Morgan fingerprint density at radius 1 is 1.00 bits per heavy atom. The molecule has 2 atom stereocenters. The van der Waals surface area contributed by atoms with Crippen molar-refractivity contribution < 1.29 is 0 Å². The Morgan fingerprint density at radius 2 is 1.70 bits per heavy atom. The number of rotatable bonds is 2. The van der Waals surface area contributed by atoms with Crippen LogP contribution in [0.5, 0.6) is 0 Å². The largest absolute Gasteiger partial charge is 0.382 e. The second-order valence-electron chi connectivity index (χ2n) is 6.24. The molecule has 1 nitrogen and oxygen atoms in total. The van der Waals surface area contributed by atoms with Gasteiger partial charge in [0.25, 0.3) is 0 Å². The standard InChI is InChI=1S/C19H23N/c1-13(2)15-8-10-16(11-9-15)18-12-14(3)20-19-7-5-4-6-17(18)19/h4-11,13-14,18,20H,12H2,1-3H3. The van der Waals surface area contributed by atoms with Gasteiger partial charge in [0.05, 0.1) is 0 Å². The SMILES string of the molecule is CC1CC(c2ccc(C(C)C)cc2)c2ccccc2N1. The van der Waals surface area contributed by atoms with Crippen molar-refractivity contribution in [1.82, 2.24) is 0 Å². The molecule has 0 radical (unpaired) electrons. The van der Waals surface area contributed by atoms with Crippen LogP contribution in [0.4, 0.5) is 5.69 Å². The predicted octanol–water partition coefficient (Wildman–Crippen LogP) is 5.15. The van der Waals surface area contributed by atoms with Gasteiger partial charge in [-0.05, 0) is 42.0 Å². The lowest BCUT2D eigenvalue weighted by Crippen LogP contribution is -2.25.